The Balaban J connectivity index is 1.41. The van der Waals surface area contributed by atoms with E-state index in [1.807, 2.05) is 48.2 Å². The third-order valence-electron chi connectivity index (χ3n) is 4.91. The summed E-state index contributed by atoms with van der Waals surface area (Å²) in [5.41, 5.74) is 2.37. The summed E-state index contributed by atoms with van der Waals surface area (Å²) in [4.78, 5) is 14.9. The predicted octanol–water partition coefficient (Wildman–Crippen LogP) is 3.92. The van der Waals surface area contributed by atoms with E-state index in [1.54, 1.807) is 0 Å². The molecule has 1 amide bonds. The number of hydrogen-bond acceptors (Lipinski definition) is 4. The van der Waals surface area contributed by atoms with Crippen LogP contribution >= 0.6 is 11.8 Å². The van der Waals surface area contributed by atoms with Gasteiger partial charge < -0.3 is 9.47 Å². The van der Waals surface area contributed by atoms with Gasteiger partial charge in [0.1, 0.15) is 5.82 Å². The average molecular weight is 393 g/mol. The third kappa shape index (κ3) is 4.62. The van der Waals surface area contributed by atoms with Gasteiger partial charge in [-0.05, 0) is 30.9 Å². The van der Waals surface area contributed by atoms with Crippen molar-refractivity contribution in [1.29, 1.82) is 0 Å². The van der Waals surface area contributed by atoms with Gasteiger partial charge in [-0.3, -0.25) is 4.79 Å². The Morgan fingerprint density at radius 1 is 1.04 bits per heavy atom. The molecular formula is C22H24N4OS. The van der Waals surface area contributed by atoms with E-state index in [0.29, 0.717) is 24.9 Å². The number of carbonyl (C=O) groups excluding carboxylic acids is 1. The minimum atomic E-state index is 0.170. The van der Waals surface area contributed by atoms with E-state index in [9.17, 15) is 4.79 Å². The molecule has 1 aliphatic rings. The van der Waals surface area contributed by atoms with Crippen molar-refractivity contribution in [2.24, 2.45) is 0 Å². The molecule has 1 aromatic heterocycles. The number of amides is 1. The first-order valence-corrected chi connectivity index (χ1v) is 10.6. The van der Waals surface area contributed by atoms with Crippen LogP contribution in [0.2, 0.25) is 0 Å². The highest BCUT2D eigenvalue weighted by Crippen LogP contribution is 2.30. The van der Waals surface area contributed by atoms with E-state index < -0.39 is 0 Å². The lowest BCUT2D eigenvalue weighted by molar-refractivity contribution is -0.129. The summed E-state index contributed by atoms with van der Waals surface area (Å²) in [6.07, 6.45) is 2.21. The van der Waals surface area contributed by atoms with E-state index in [2.05, 4.69) is 39.0 Å². The number of benzene rings is 2. The molecule has 28 heavy (non-hydrogen) atoms. The van der Waals surface area contributed by atoms with Crippen LogP contribution in [-0.4, -0.2) is 37.4 Å². The van der Waals surface area contributed by atoms with E-state index in [0.717, 1.165) is 23.8 Å². The summed E-state index contributed by atoms with van der Waals surface area (Å²) < 4.78 is 2.08. The molecular weight excluding hydrogens is 368 g/mol. The molecule has 0 spiro atoms. The molecule has 0 aliphatic heterocycles. The highest BCUT2D eigenvalue weighted by atomic mass is 32.2. The molecule has 3 aromatic rings. The summed E-state index contributed by atoms with van der Waals surface area (Å²) >= 11 is 1.48. The number of aryl methyl sites for hydroxylation is 1. The Kier molecular flexibility index (Phi) is 5.76. The minimum Gasteiger partial charge on any atom is -0.335 e. The maximum absolute atomic E-state index is 12.9. The zero-order chi connectivity index (χ0) is 19.3. The topological polar surface area (TPSA) is 51.0 Å². The van der Waals surface area contributed by atoms with Crippen LogP contribution in [0.3, 0.4) is 0 Å². The Morgan fingerprint density at radius 2 is 1.68 bits per heavy atom. The maximum atomic E-state index is 12.9. The van der Waals surface area contributed by atoms with Crippen LogP contribution in [0.25, 0.3) is 0 Å². The average Bonchev–Trinajstić information content (AvgIpc) is 3.51. The summed E-state index contributed by atoms with van der Waals surface area (Å²) in [7, 11) is 0. The normalized spacial score (nSPS) is 13.5. The molecule has 1 fully saturated rings. The quantitative estimate of drug-likeness (QED) is 0.545. The van der Waals surface area contributed by atoms with Crippen LogP contribution in [0, 0.1) is 6.92 Å². The molecule has 1 heterocycles. The van der Waals surface area contributed by atoms with Gasteiger partial charge in [0.2, 0.25) is 5.91 Å². The molecule has 0 atom stereocenters. The van der Waals surface area contributed by atoms with Crippen molar-refractivity contribution in [3.05, 3.63) is 77.6 Å². The van der Waals surface area contributed by atoms with Crippen molar-refractivity contribution in [2.75, 3.05) is 5.75 Å². The number of nitrogens with zero attached hydrogens (tertiary/aromatic N) is 4. The van der Waals surface area contributed by atoms with Gasteiger partial charge in [-0.1, -0.05) is 72.4 Å². The number of aromatic nitrogens is 3. The SMILES string of the molecule is Cc1nnc(SCC(=O)N(Cc2ccccc2)C2CC2)n1Cc1ccccc1. The number of carbonyl (C=O) groups is 1. The van der Waals surface area contributed by atoms with Gasteiger partial charge in [0.15, 0.2) is 5.16 Å². The largest absolute Gasteiger partial charge is 0.335 e. The van der Waals surface area contributed by atoms with E-state index >= 15 is 0 Å². The van der Waals surface area contributed by atoms with Crippen molar-refractivity contribution in [2.45, 2.75) is 44.1 Å². The smallest absolute Gasteiger partial charge is 0.233 e. The third-order valence-corrected chi connectivity index (χ3v) is 5.87. The van der Waals surface area contributed by atoms with Crippen LogP contribution in [0.5, 0.6) is 0 Å². The van der Waals surface area contributed by atoms with Gasteiger partial charge in [0.25, 0.3) is 0 Å². The fraction of sp³-hybridized carbons (Fsp3) is 0.318. The van der Waals surface area contributed by atoms with Crippen LogP contribution < -0.4 is 0 Å². The first-order valence-electron chi connectivity index (χ1n) is 9.60. The van der Waals surface area contributed by atoms with E-state index in [-0.39, 0.29) is 5.91 Å². The fourth-order valence-electron chi connectivity index (χ4n) is 3.21. The van der Waals surface area contributed by atoms with Crippen LogP contribution in [0.15, 0.2) is 65.8 Å². The molecule has 0 N–H and O–H groups in total. The van der Waals surface area contributed by atoms with Gasteiger partial charge in [0.05, 0.1) is 12.3 Å². The van der Waals surface area contributed by atoms with Crippen LogP contribution in [-0.2, 0) is 17.9 Å². The van der Waals surface area contributed by atoms with Crippen LogP contribution in [0.4, 0.5) is 0 Å². The van der Waals surface area contributed by atoms with Crippen LogP contribution in [0.1, 0.15) is 29.8 Å². The Labute approximate surface area is 169 Å². The second-order valence-corrected chi connectivity index (χ2v) is 8.07. The summed E-state index contributed by atoms with van der Waals surface area (Å²) in [5.74, 6) is 1.42. The second kappa shape index (κ2) is 8.61. The standard InChI is InChI=1S/C22H24N4OS/c1-17-23-24-22(25(17)14-18-8-4-2-5-9-18)28-16-21(27)26(20-12-13-20)15-19-10-6-3-7-11-19/h2-11,20H,12-16H2,1H3. The number of thioether (sulfide) groups is 1. The molecule has 0 bridgehead atoms. The Hall–Kier alpha value is -2.60. The fourth-order valence-corrected chi connectivity index (χ4v) is 4.08. The molecule has 1 saturated carbocycles. The monoisotopic (exact) mass is 392 g/mol. The first-order chi connectivity index (χ1) is 13.7. The Bertz CT molecular complexity index is 922. The lowest BCUT2D eigenvalue weighted by Crippen LogP contribution is -2.34. The molecule has 0 unspecified atom stereocenters. The zero-order valence-electron chi connectivity index (χ0n) is 16.0. The predicted molar refractivity (Wildman–Crippen MR) is 111 cm³/mol. The molecule has 1 aliphatic carbocycles. The van der Waals surface area contributed by atoms with E-state index in [4.69, 9.17) is 0 Å². The summed E-state index contributed by atoms with van der Waals surface area (Å²) in [5, 5.41) is 9.31. The van der Waals surface area contributed by atoms with Gasteiger partial charge in [0, 0.05) is 12.6 Å². The maximum Gasteiger partial charge on any atom is 0.233 e. The molecule has 0 radical (unpaired) electrons. The minimum absolute atomic E-state index is 0.170. The van der Waals surface area contributed by atoms with E-state index in [1.165, 1.54) is 22.9 Å². The van der Waals surface area contributed by atoms with Gasteiger partial charge in [-0.15, -0.1) is 10.2 Å². The van der Waals surface area contributed by atoms with Crippen molar-refractivity contribution in [3.63, 3.8) is 0 Å². The van der Waals surface area contributed by atoms with Crippen molar-refractivity contribution in [3.8, 4) is 0 Å². The second-order valence-electron chi connectivity index (χ2n) is 7.13. The molecule has 4 rings (SSSR count). The lowest BCUT2D eigenvalue weighted by Gasteiger charge is -2.22. The van der Waals surface area contributed by atoms with Gasteiger partial charge in [-0.2, -0.15) is 0 Å². The highest BCUT2D eigenvalue weighted by molar-refractivity contribution is 7.99. The molecule has 0 saturated heterocycles. The molecule has 6 heteroatoms. The molecule has 2 aromatic carbocycles. The number of hydrogen-bond donors (Lipinski definition) is 0. The van der Waals surface area contributed by atoms with Gasteiger partial charge in [-0.25, -0.2) is 0 Å². The zero-order valence-corrected chi connectivity index (χ0v) is 16.8. The Morgan fingerprint density at radius 3 is 2.32 bits per heavy atom. The van der Waals surface area contributed by atoms with Crippen molar-refractivity contribution < 1.29 is 4.79 Å². The number of rotatable bonds is 8. The summed E-state index contributed by atoms with van der Waals surface area (Å²) in [6, 6.07) is 20.8. The van der Waals surface area contributed by atoms with Crippen molar-refractivity contribution >= 4 is 17.7 Å². The lowest BCUT2D eigenvalue weighted by atomic mass is 10.2. The highest BCUT2D eigenvalue weighted by Gasteiger charge is 2.32. The van der Waals surface area contributed by atoms with Gasteiger partial charge >= 0.3 is 0 Å². The molecule has 144 valence electrons. The first kappa shape index (κ1) is 18.7. The summed E-state index contributed by atoms with van der Waals surface area (Å²) in [6.45, 7) is 3.35. The van der Waals surface area contributed by atoms with Crippen molar-refractivity contribution in [1.82, 2.24) is 19.7 Å². The molecule has 5 nitrogen and oxygen atoms in total.